The van der Waals surface area contributed by atoms with E-state index < -0.39 is 17.1 Å². The first kappa shape index (κ1) is 32.5. The van der Waals surface area contributed by atoms with Crippen molar-refractivity contribution in [3.8, 4) is 0 Å². The van der Waals surface area contributed by atoms with E-state index in [0.29, 0.717) is 29.5 Å². The van der Waals surface area contributed by atoms with E-state index >= 15 is 0 Å². The number of nitrogens with zero attached hydrogens (tertiary/aromatic N) is 1. The summed E-state index contributed by atoms with van der Waals surface area (Å²) < 4.78 is 12.5. The molecule has 0 aliphatic heterocycles. The number of carbonyl (C=O) groups excluding carboxylic acids is 2. The Hall–Kier alpha value is -3.04. The molecule has 0 radical (unpaired) electrons. The first-order chi connectivity index (χ1) is 19.5. The van der Waals surface area contributed by atoms with Crippen LogP contribution in [-0.2, 0) is 22.5 Å². The number of urea groups is 1. The number of aliphatic carboxylic acids is 1. The molecule has 0 aromatic heterocycles. The van der Waals surface area contributed by atoms with Crippen LogP contribution in [-0.4, -0.2) is 50.8 Å². The molecular formula is C32H45N3O5S. The summed E-state index contributed by atoms with van der Waals surface area (Å²) in [5.41, 5.74) is 2.24. The van der Waals surface area contributed by atoms with Crippen LogP contribution in [0.4, 0.5) is 10.5 Å². The lowest BCUT2D eigenvalue weighted by molar-refractivity contribution is -0.136. The third-order valence-electron chi connectivity index (χ3n) is 7.87. The van der Waals surface area contributed by atoms with E-state index in [9.17, 15) is 18.9 Å². The Balaban J connectivity index is 1.71. The topological polar surface area (TPSA) is 122 Å². The molecule has 1 aliphatic rings. The van der Waals surface area contributed by atoms with Gasteiger partial charge in [0.25, 0.3) is 5.91 Å². The summed E-state index contributed by atoms with van der Waals surface area (Å²) in [6, 6.07) is 14.3. The van der Waals surface area contributed by atoms with Gasteiger partial charge in [-0.25, -0.2) is 4.79 Å². The maximum atomic E-state index is 13.6. The van der Waals surface area contributed by atoms with E-state index in [2.05, 4.69) is 38.3 Å². The zero-order valence-electron chi connectivity index (χ0n) is 24.8. The third-order valence-corrected chi connectivity index (χ3v) is 9.33. The van der Waals surface area contributed by atoms with Gasteiger partial charge in [-0.2, -0.15) is 0 Å². The number of carboxylic acids is 1. The zero-order valence-corrected chi connectivity index (χ0v) is 25.6. The molecule has 0 spiro atoms. The lowest BCUT2D eigenvalue weighted by Crippen LogP contribution is -2.45. The predicted octanol–water partition coefficient (Wildman–Crippen LogP) is 6.44. The van der Waals surface area contributed by atoms with Crippen LogP contribution < -0.4 is 10.6 Å². The van der Waals surface area contributed by atoms with Gasteiger partial charge in [0.15, 0.2) is 4.90 Å². The number of carbonyl (C=O) groups is 3. The molecule has 3 N–H and O–H groups in total. The molecule has 1 aliphatic carbocycles. The standard InChI is InChI=1S/C32H45N3O5S/c1-5-6-21-41(40)28-17-13-26(14-18-28)34-31(39)35(27-15-11-25(12-16-27)32(2,3)4)22-23-7-9-24(10-8-23)30(38)33-20-19-29(36)37/h7-10,13-14,17-18,25,27H,5-6,11-12,15-16,19-22H2,1-4H3,(H,33,38)(H,34,39)(H,36,37). The Morgan fingerprint density at radius 1 is 1.00 bits per heavy atom. The zero-order chi connectivity index (χ0) is 30.0. The Bertz CT molecular complexity index is 1140. The summed E-state index contributed by atoms with van der Waals surface area (Å²) >= 11 is -1.04. The molecule has 9 heteroatoms. The summed E-state index contributed by atoms with van der Waals surface area (Å²) in [6.45, 7) is 9.38. The number of hydrogen-bond acceptors (Lipinski definition) is 4. The van der Waals surface area contributed by atoms with Crippen molar-refractivity contribution in [2.75, 3.05) is 17.6 Å². The maximum Gasteiger partial charge on any atom is 0.322 e. The van der Waals surface area contributed by atoms with Gasteiger partial charge in [0.1, 0.15) is 5.75 Å². The molecule has 1 atom stereocenters. The number of carboxylic acid groups (broad SMARTS) is 1. The predicted molar refractivity (Wildman–Crippen MR) is 163 cm³/mol. The molecule has 0 heterocycles. The Labute approximate surface area is 247 Å². The third kappa shape index (κ3) is 10.1. The quantitative estimate of drug-likeness (QED) is 0.248. The summed E-state index contributed by atoms with van der Waals surface area (Å²) in [6.07, 6.45) is 5.75. The lowest BCUT2D eigenvalue weighted by Gasteiger charge is -2.41. The van der Waals surface area contributed by atoms with Gasteiger partial charge in [-0.05, 0) is 96.6 Å². The fourth-order valence-corrected chi connectivity index (χ4v) is 6.47. The average Bonchev–Trinajstić information content (AvgIpc) is 2.94. The highest BCUT2D eigenvalue weighted by Gasteiger charge is 2.33. The lowest BCUT2D eigenvalue weighted by atomic mass is 9.71. The normalized spacial score (nSPS) is 17.9. The van der Waals surface area contributed by atoms with Crippen molar-refractivity contribution < 1.29 is 24.0 Å². The van der Waals surface area contributed by atoms with Crippen molar-refractivity contribution in [1.29, 1.82) is 0 Å². The molecule has 1 unspecified atom stereocenters. The van der Waals surface area contributed by atoms with Crippen molar-refractivity contribution in [2.24, 2.45) is 11.3 Å². The molecule has 8 nitrogen and oxygen atoms in total. The first-order valence-corrected chi connectivity index (χ1v) is 15.9. The van der Waals surface area contributed by atoms with Gasteiger partial charge in [-0.1, -0.05) is 46.2 Å². The van der Waals surface area contributed by atoms with Gasteiger partial charge in [0.2, 0.25) is 0 Å². The van der Waals surface area contributed by atoms with Gasteiger partial charge in [0.05, 0.1) is 6.42 Å². The molecule has 2 aromatic carbocycles. The Morgan fingerprint density at radius 2 is 1.63 bits per heavy atom. The van der Waals surface area contributed by atoms with Crippen LogP contribution in [0.15, 0.2) is 53.4 Å². The van der Waals surface area contributed by atoms with Crippen molar-refractivity contribution in [3.63, 3.8) is 0 Å². The second-order valence-electron chi connectivity index (χ2n) is 12.0. The van der Waals surface area contributed by atoms with E-state index in [1.54, 1.807) is 12.1 Å². The summed E-state index contributed by atoms with van der Waals surface area (Å²) in [5.74, 6) is -0.0418. The first-order valence-electron chi connectivity index (χ1n) is 14.6. The molecule has 3 amide bonds. The van der Waals surface area contributed by atoms with Gasteiger partial charge in [-0.3, -0.25) is 9.59 Å². The average molecular weight is 584 g/mol. The highest BCUT2D eigenvalue weighted by molar-refractivity contribution is 7.91. The molecule has 2 aromatic rings. The van der Waals surface area contributed by atoms with Gasteiger partial charge >= 0.3 is 12.0 Å². The van der Waals surface area contributed by atoms with E-state index in [4.69, 9.17) is 5.11 Å². The van der Waals surface area contributed by atoms with Crippen molar-refractivity contribution >= 4 is 34.8 Å². The molecule has 3 rings (SSSR count). The maximum absolute atomic E-state index is 13.6. The summed E-state index contributed by atoms with van der Waals surface area (Å²) in [4.78, 5) is 39.4. The number of nitrogens with one attached hydrogen (secondary N) is 2. The highest BCUT2D eigenvalue weighted by Crippen LogP contribution is 2.39. The minimum absolute atomic E-state index is 0.0662. The minimum Gasteiger partial charge on any atom is -0.611 e. The molecule has 41 heavy (non-hydrogen) atoms. The van der Waals surface area contributed by atoms with Crippen molar-refractivity contribution in [1.82, 2.24) is 10.2 Å². The van der Waals surface area contributed by atoms with Crippen LogP contribution in [0, 0.1) is 11.3 Å². The molecule has 224 valence electrons. The molecule has 0 saturated heterocycles. The van der Waals surface area contributed by atoms with E-state index in [-0.39, 0.29) is 36.4 Å². The molecule has 1 fully saturated rings. The van der Waals surface area contributed by atoms with Crippen LogP contribution in [0.2, 0.25) is 0 Å². The second-order valence-corrected chi connectivity index (χ2v) is 13.5. The van der Waals surface area contributed by atoms with E-state index in [1.165, 1.54) is 0 Å². The van der Waals surface area contributed by atoms with Crippen molar-refractivity contribution in [3.05, 3.63) is 59.7 Å². The highest BCUT2D eigenvalue weighted by atomic mass is 32.2. The van der Waals surface area contributed by atoms with Crippen LogP contribution in [0.5, 0.6) is 0 Å². The van der Waals surface area contributed by atoms with Crippen LogP contribution in [0.1, 0.15) is 88.6 Å². The van der Waals surface area contributed by atoms with Crippen LogP contribution in [0.3, 0.4) is 0 Å². The van der Waals surface area contributed by atoms with E-state index in [0.717, 1.165) is 49.0 Å². The summed E-state index contributed by atoms with van der Waals surface area (Å²) in [7, 11) is 0. The largest absolute Gasteiger partial charge is 0.611 e. The molecule has 0 bridgehead atoms. The number of rotatable bonds is 12. The van der Waals surface area contributed by atoms with Gasteiger partial charge in [0, 0.05) is 30.4 Å². The summed E-state index contributed by atoms with van der Waals surface area (Å²) in [5, 5.41) is 14.4. The SMILES string of the molecule is CCCC[S+]([O-])c1ccc(NC(=O)N(Cc2ccc(C(=O)NCCC(=O)O)cc2)C2CCC(C(C)(C)C)CC2)cc1. The number of benzene rings is 2. The van der Waals surface area contributed by atoms with Gasteiger partial charge < -0.3 is 25.2 Å². The number of anilines is 1. The molecular weight excluding hydrogens is 538 g/mol. The number of hydrogen-bond donors (Lipinski definition) is 3. The smallest absolute Gasteiger partial charge is 0.322 e. The van der Waals surface area contributed by atoms with E-state index in [1.807, 2.05) is 41.3 Å². The van der Waals surface area contributed by atoms with Gasteiger partial charge in [-0.15, -0.1) is 0 Å². The molecule has 1 saturated carbocycles. The second kappa shape index (κ2) is 15.3. The Kier molecular flexibility index (Phi) is 12.1. The fourth-order valence-electron chi connectivity index (χ4n) is 5.24. The number of amides is 3. The monoisotopic (exact) mass is 583 g/mol. The van der Waals surface area contributed by atoms with Crippen LogP contribution in [0.25, 0.3) is 0 Å². The number of unbranched alkanes of at least 4 members (excludes halogenated alkanes) is 1. The fraction of sp³-hybridized carbons (Fsp3) is 0.531. The van der Waals surface area contributed by atoms with Crippen LogP contribution >= 0.6 is 0 Å². The van der Waals surface area contributed by atoms with Crippen molar-refractivity contribution in [2.45, 2.75) is 90.1 Å². The minimum atomic E-state index is -1.04. The Morgan fingerprint density at radius 3 is 2.20 bits per heavy atom.